The maximum Gasteiger partial charge on any atom is 0.174 e. The summed E-state index contributed by atoms with van der Waals surface area (Å²) < 4.78 is 16.0. The fraction of sp³-hybridized carbons (Fsp3) is 0.120. The highest BCUT2D eigenvalue weighted by molar-refractivity contribution is 7.80. The topological polar surface area (TPSA) is 33.1 Å². The fourth-order valence-electron chi connectivity index (χ4n) is 4.14. The summed E-state index contributed by atoms with van der Waals surface area (Å²) in [6.07, 6.45) is 3.74. The number of benzene rings is 2. The van der Waals surface area contributed by atoms with Crippen LogP contribution in [0.4, 0.5) is 10.1 Å². The molecule has 1 aliphatic heterocycles. The lowest BCUT2D eigenvalue weighted by Gasteiger charge is -2.29. The Labute approximate surface area is 186 Å². The molecule has 1 aliphatic rings. The van der Waals surface area contributed by atoms with Crippen LogP contribution in [0.15, 0.2) is 91.3 Å². The van der Waals surface area contributed by atoms with Crippen molar-refractivity contribution in [3.8, 4) is 5.69 Å². The van der Waals surface area contributed by atoms with Gasteiger partial charge in [-0.15, -0.1) is 0 Å². The van der Waals surface area contributed by atoms with E-state index in [2.05, 4.69) is 52.5 Å². The van der Waals surface area contributed by atoms with Crippen LogP contribution >= 0.6 is 12.2 Å². The lowest BCUT2D eigenvalue weighted by Crippen LogP contribution is -2.30. The van der Waals surface area contributed by atoms with Gasteiger partial charge >= 0.3 is 0 Å². The summed E-state index contributed by atoms with van der Waals surface area (Å²) in [7, 11) is 0. The number of hydrogen-bond donors (Lipinski definition) is 1. The molecule has 0 amide bonds. The number of halogens is 1. The van der Waals surface area contributed by atoms with Gasteiger partial charge in [0.05, 0.1) is 11.7 Å². The van der Waals surface area contributed by atoms with Crippen LogP contribution < -0.4 is 10.2 Å². The average Bonchev–Trinajstić information content (AvgIpc) is 3.39. The van der Waals surface area contributed by atoms with E-state index in [0.29, 0.717) is 5.11 Å². The predicted octanol–water partition coefficient (Wildman–Crippen LogP) is 5.50. The minimum atomic E-state index is -0.270. The minimum Gasteiger partial charge on any atom is -0.351 e. The SMILES string of the molecule is Cc1ccc(N2C(=S)N[C@H](c3ccccn3)[C@H]2c2cccn2-c2cccc(F)c2)cc1. The molecule has 4 nitrogen and oxygen atoms in total. The highest BCUT2D eigenvalue weighted by atomic mass is 32.1. The zero-order valence-electron chi connectivity index (χ0n) is 16.9. The molecule has 0 spiro atoms. The standard InChI is InChI=1S/C25H21FN4S/c1-17-10-12-19(13-11-17)30-24(23(28-25(30)31)21-8-2-3-14-27-21)22-9-5-15-29(22)20-7-4-6-18(26)16-20/h2-16,23-24H,1H3,(H,28,31)/t23-,24-/m1/s1. The van der Waals surface area contributed by atoms with E-state index >= 15 is 0 Å². The van der Waals surface area contributed by atoms with Gasteiger partial charge in [0.15, 0.2) is 5.11 Å². The molecule has 0 aliphatic carbocycles. The molecule has 2 aromatic carbocycles. The molecule has 0 saturated carbocycles. The Kier molecular flexibility index (Phi) is 5.00. The van der Waals surface area contributed by atoms with Gasteiger partial charge in [0.2, 0.25) is 0 Å². The van der Waals surface area contributed by atoms with Crippen molar-refractivity contribution >= 4 is 23.0 Å². The van der Waals surface area contributed by atoms with Crippen LogP contribution in [0, 0.1) is 12.7 Å². The Morgan fingerprint density at radius 3 is 2.52 bits per heavy atom. The van der Waals surface area contributed by atoms with E-state index in [-0.39, 0.29) is 17.9 Å². The maximum atomic E-state index is 14.0. The monoisotopic (exact) mass is 428 g/mol. The van der Waals surface area contributed by atoms with E-state index in [1.165, 1.54) is 17.7 Å². The summed E-state index contributed by atoms with van der Waals surface area (Å²) in [6.45, 7) is 2.06. The maximum absolute atomic E-state index is 14.0. The molecule has 2 atom stereocenters. The van der Waals surface area contributed by atoms with E-state index in [1.54, 1.807) is 12.3 Å². The summed E-state index contributed by atoms with van der Waals surface area (Å²) in [4.78, 5) is 6.72. The van der Waals surface area contributed by atoms with Gasteiger partial charge in [-0.3, -0.25) is 4.98 Å². The molecule has 5 rings (SSSR count). The van der Waals surface area contributed by atoms with Gasteiger partial charge in [-0.05, 0) is 73.7 Å². The molecule has 0 bridgehead atoms. The largest absolute Gasteiger partial charge is 0.351 e. The highest BCUT2D eigenvalue weighted by Gasteiger charge is 2.42. The first-order valence-corrected chi connectivity index (χ1v) is 10.5. The van der Waals surface area contributed by atoms with Crippen molar-refractivity contribution < 1.29 is 4.39 Å². The summed E-state index contributed by atoms with van der Waals surface area (Å²) in [6, 6.07) is 24.5. The highest BCUT2D eigenvalue weighted by Crippen LogP contribution is 2.42. The zero-order chi connectivity index (χ0) is 21.4. The molecule has 154 valence electrons. The third kappa shape index (κ3) is 3.59. The molecular weight excluding hydrogens is 407 g/mol. The van der Waals surface area contributed by atoms with Gasteiger partial charge in [0.25, 0.3) is 0 Å². The van der Waals surface area contributed by atoms with E-state index in [0.717, 1.165) is 22.8 Å². The van der Waals surface area contributed by atoms with Gasteiger partial charge in [-0.25, -0.2) is 4.39 Å². The Hall–Kier alpha value is -3.51. The Balaban J connectivity index is 1.67. The predicted molar refractivity (Wildman–Crippen MR) is 125 cm³/mol. The van der Waals surface area contributed by atoms with Crippen molar-refractivity contribution in [2.45, 2.75) is 19.0 Å². The van der Waals surface area contributed by atoms with E-state index < -0.39 is 0 Å². The Morgan fingerprint density at radius 1 is 0.935 bits per heavy atom. The van der Waals surface area contributed by atoms with Crippen molar-refractivity contribution in [3.05, 3.63) is 114 Å². The molecule has 6 heteroatoms. The zero-order valence-corrected chi connectivity index (χ0v) is 17.8. The van der Waals surface area contributed by atoms with Crippen LogP contribution in [0.5, 0.6) is 0 Å². The molecular formula is C25H21FN4S. The van der Waals surface area contributed by atoms with E-state index in [4.69, 9.17) is 12.2 Å². The lowest BCUT2D eigenvalue weighted by molar-refractivity contribution is 0.549. The number of anilines is 1. The summed E-state index contributed by atoms with van der Waals surface area (Å²) in [5.41, 5.74) is 4.84. The molecule has 0 radical (unpaired) electrons. The van der Waals surface area contributed by atoms with Crippen molar-refractivity contribution in [2.24, 2.45) is 0 Å². The number of nitrogens with one attached hydrogen (secondary N) is 1. The van der Waals surface area contributed by atoms with Gasteiger partial charge in [0, 0.05) is 29.5 Å². The molecule has 4 aromatic rings. The molecule has 1 fully saturated rings. The molecule has 1 N–H and O–H groups in total. The normalized spacial score (nSPS) is 18.3. The van der Waals surface area contributed by atoms with Crippen LogP contribution in [0.25, 0.3) is 5.69 Å². The second-order valence-electron chi connectivity index (χ2n) is 7.62. The van der Waals surface area contributed by atoms with Gasteiger partial charge < -0.3 is 14.8 Å². The number of pyridine rings is 1. The second-order valence-corrected chi connectivity index (χ2v) is 8.00. The second kappa shape index (κ2) is 7.96. The summed E-state index contributed by atoms with van der Waals surface area (Å²) in [5.74, 6) is -0.270. The smallest absolute Gasteiger partial charge is 0.174 e. The van der Waals surface area contributed by atoms with Crippen molar-refractivity contribution in [3.63, 3.8) is 0 Å². The average molecular weight is 429 g/mol. The van der Waals surface area contributed by atoms with Crippen molar-refractivity contribution in [1.82, 2.24) is 14.9 Å². The van der Waals surface area contributed by atoms with Gasteiger partial charge in [0.1, 0.15) is 11.9 Å². The summed E-state index contributed by atoms with van der Waals surface area (Å²) >= 11 is 5.78. The Bertz CT molecular complexity index is 1220. The third-order valence-electron chi connectivity index (χ3n) is 5.58. The number of nitrogens with zero attached hydrogens (tertiary/aromatic N) is 3. The van der Waals surface area contributed by atoms with Crippen LogP contribution in [0.2, 0.25) is 0 Å². The van der Waals surface area contributed by atoms with Crippen LogP contribution in [-0.2, 0) is 0 Å². The minimum absolute atomic E-state index is 0.155. The number of hydrogen-bond acceptors (Lipinski definition) is 2. The first-order chi connectivity index (χ1) is 15.1. The molecule has 2 aromatic heterocycles. The van der Waals surface area contributed by atoms with Crippen molar-refractivity contribution in [1.29, 1.82) is 0 Å². The van der Waals surface area contributed by atoms with Gasteiger partial charge in [-0.1, -0.05) is 29.8 Å². The molecule has 1 saturated heterocycles. The number of aromatic nitrogens is 2. The number of thiocarbonyl (C=S) groups is 1. The lowest BCUT2D eigenvalue weighted by atomic mass is 10.0. The van der Waals surface area contributed by atoms with Gasteiger partial charge in [-0.2, -0.15) is 0 Å². The van der Waals surface area contributed by atoms with Crippen LogP contribution in [0.1, 0.15) is 29.0 Å². The number of rotatable bonds is 4. The summed E-state index contributed by atoms with van der Waals surface area (Å²) in [5, 5.41) is 4.10. The van der Waals surface area contributed by atoms with Crippen LogP contribution in [-0.4, -0.2) is 14.7 Å². The number of aryl methyl sites for hydroxylation is 1. The molecule has 0 unspecified atom stereocenters. The quantitative estimate of drug-likeness (QED) is 0.435. The Morgan fingerprint density at radius 2 is 1.77 bits per heavy atom. The fourth-order valence-corrected chi connectivity index (χ4v) is 4.48. The first-order valence-electron chi connectivity index (χ1n) is 10.1. The molecule has 3 heterocycles. The van der Waals surface area contributed by atoms with Crippen molar-refractivity contribution in [2.75, 3.05) is 4.90 Å². The van der Waals surface area contributed by atoms with E-state index in [1.807, 2.05) is 41.1 Å². The third-order valence-corrected chi connectivity index (χ3v) is 5.89. The first kappa shape index (κ1) is 19.5. The van der Waals surface area contributed by atoms with Crippen LogP contribution in [0.3, 0.4) is 0 Å². The molecule has 31 heavy (non-hydrogen) atoms. The van der Waals surface area contributed by atoms with E-state index in [9.17, 15) is 4.39 Å².